The van der Waals surface area contributed by atoms with Gasteiger partial charge >= 0.3 is 5.97 Å². The molecule has 3 aliphatic rings. The maximum Gasteiger partial charge on any atom is 0.325 e. The van der Waals surface area contributed by atoms with Gasteiger partial charge in [-0.3, -0.25) is 19.3 Å². The topological polar surface area (TPSA) is 91.8 Å². The predicted octanol–water partition coefficient (Wildman–Crippen LogP) is 7.63. The van der Waals surface area contributed by atoms with Crippen LogP contribution in [-0.4, -0.2) is 77.3 Å². The molecule has 0 saturated heterocycles. The first-order valence-corrected chi connectivity index (χ1v) is 18.2. The lowest BCUT2D eigenvalue weighted by Crippen LogP contribution is -2.53. The van der Waals surface area contributed by atoms with E-state index in [1.165, 1.54) is 44.9 Å². The molecule has 1 aromatic rings. The Morgan fingerprint density at radius 2 is 1.70 bits per heavy atom. The molecular weight excluding hydrogens is 592 g/mol. The minimum Gasteiger partial charge on any atom is -0.494 e. The van der Waals surface area contributed by atoms with E-state index >= 15 is 0 Å². The zero-order valence-corrected chi connectivity index (χ0v) is 30.0. The fourth-order valence-electron chi connectivity index (χ4n) is 6.95. The zero-order chi connectivity index (χ0) is 34.0. The number of guanidine groups is 1. The maximum atomic E-state index is 13.2. The zero-order valence-electron chi connectivity index (χ0n) is 30.0. The van der Waals surface area contributed by atoms with Crippen molar-refractivity contribution >= 4 is 29.4 Å². The summed E-state index contributed by atoms with van der Waals surface area (Å²) in [7, 11) is 1.91. The summed E-state index contributed by atoms with van der Waals surface area (Å²) in [5, 5.41) is 0. The number of esters is 1. The number of fused-ring (bicyclic) bond motifs is 1. The molecule has 2 aliphatic carbocycles. The summed E-state index contributed by atoms with van der Waals surface area (Å²) >= 11 is 0. The summed E-state index contributed by atoms with van der Waals surface area (Å²) in [6, 6.07) is 5.84. The molecule has 0 aromatic heterocycles. The molecule has 0 radical (unpaired) electrons. The lowest BCUT2D eigenvalue weighted by molar-refractivity contribution is -0.154. The maximum absolute atomic E-state index is 13.2. The van der Waals surface area contributed by atoms with E-state index in [0.29, 0.717) is 37.7 Å². The van der Waals surface area contributed by atoms with Gasteiger partial charge in [0.2, 0.25) is 17.8 Å². The molecule has 1 aliphatic heterocycles. The summed E-state index contributed by atoms with van der Waals surface area (Å²) in [4.78, 5) is 49.4. The summed E-state index contributed by atoms with van der Waals surface area (Å²) in [5.41, 5.74) is 1.51. The van der Waals surface area contributed by atoms with Crippen molar-refractivity contribution in [1.82, 2.24) is 14.7 Å². The molecular formula is C38H60N4O5. The van der Waals surface area contributed by atoms with Crippen molar-refractivity contribution in [3.63, 3.8) is 0 Å². The van der Waals surface area contributed by atoms with Crippen LogP contribution in [0, 0.1) is 11.3 Å². The van der Waals surface area contributed by atoms with Gasteiger partial charge in [0.1, 0.15) is 18.4 Å². The normalized spacial score (nSPS) is 17.9. The number of rotatable bonds is 14. The van der Waals surface area contributed by atoms with Crippen molar-refractivity contribution in [1.29, 1.82) is 0 Å². The van der Waals surface area contributed by atoms with Gasteiger partial charge in [0.25, 0.3) is 0 Å². The Morgan fingerprint density at radius 1 is 1.00 bits per heavy atom. The number of carbonyl (C=O) groups excluding carboxylic acids is 3. The van der Waals surface area contributed by atoms with E-state index < -0.39 is 0 Å². The van der Waals surface area contributed by atoms with Gasteiger partial charge in [-0.05, 0) is 62.1 Å². The highest BCUT2D eigenvalue weighted by molar-refractivity contribution is 5.99. The van der Waals surface area contributed by atoms with Crippen LogP contribution < -0.4 is 4.74 Å². The number of aliphatic imine (C=N–C) groups is 1. The second kappa shape index (κ2) is 17.3. The van der Waals surface area contributed by atoms with Crippen molar-refractivity contribution in [2.24, 2.45) is 16.3 Å². The minimum absolute atomic E-state index is 0.00348. The van der Waals surface area contributed by atoms with Gasteiger partial charge in [-0.15, -0.1) is 0 Å². The fraction of sp³-hybridized carbons (Fsp3) is 0.737. The monoisotopic (exact) mass is 652 g/mol. The molecule has 1 unspecified atom stereocenters. The van der Waals surface area contributed by atoms with Crippen LogP contribution in [-0.2, 0) is 25.7 Å². The highest BCUT2D eigenvalue weighted by Gasteiger charge is 2.35. The average molecular weight is 653 g/mol. The molecule has 0 spiro atoms. The first-order chi connectivity index (χ1) is 22.4. The fourth-order valence-corrected chi connectivity index (χ4v) is 6.95. The van der Waals surface area contributed by atoms with Crippen LogP contribution >= 0.6 is 0 Å². The third kappa shape index (κ3) is 11.0. The Morgan fingerprint density at radius 3 is 2.38 bits per heavy atom. The number of ether oxygens (including phenoxy) is 2. The van der Waals surface area contributed by atoms with Crippen LogP contribution in [0.2, 0.25) is 0 Å². The molecule has 1 atom stereocenters. The molecule has 262 valence electrons. The van der Waals surface area contributed by atoms with Gasteiger partial charge in [-0.25, -0.2) is 4.99 Å². The van der Waals surface area contributed by atoms with Crippen molar-refractivity contribution in [3.8, 4) is 5.75 Å². The van der Waals surface area contributed by atoms with E-state index in [4.69, 9.17) is 14.5 Å². The third-order valence-electron chi connectivity index (χ3n) is 10.3. The Kier molecular flexibility index (Phi) is 13.6. The second-order valence-electron chi connectivity index (χ2n) is 15.2. The van der Waals surface area contributed by atoms with Crippen molar-refractivity contribution in [3.05, 3.63) is 23.8 Å². The summed E-state index contributed by atoms with van der Waals surface area (Å²) in [6.07, 6.45) is 15.1. The Labute approximate surface area is 283 Å². The lowest BCUT2D eigenvalue weighted by Gasteiger charge is -2.40. The largest absolute Gasteiger partial charge is 0.494 e. The Balaban J connectivity index is 1.36. The van der Waals surface area contributed by atoms with E-state index in [2.05, 4.69) is 0 Å². The standard InChI is InChI=1S/C38H60N4O5/c1-28(38(3,4)5)47-36(45)27-41-26-31-25-33(21-22-34(31)39-37(41)42(29(2)43)32-18-8-7-9-19-32)46-24-14-20-35(44)40(6)23-13-12-17-30-15-10-11-16-30/h21-22,25,28,30,32H,7-20,23-24,26-27H2,1-6H3. The van der Waals surface area contributed by atoms with Gasteiger partial charge < -0.3 is 19.3 Å². The van der Waals surface area contributed by atoms with Gasteiger partial charge in [-0.1, -0.05) is 78.6 Å². The van der Waals surface area contributed by atoms with Gasteiger partial charge in [0.15, 0.2) is 0 Å². The smallest absolute Gasteiger partial charge is 0.325 e. The molecule has 2 fully saturated rings. The Bertz CT molecular complexity index is 1230. The summed E-state index contributed by atoms with van der Waals surface area (Å²) < 4.78 is 11.9. The lowest BCUT2D eigenvalue weighted by atomic mass is 9.90. The number of carbonyl (C=O) groups is 3. The number of hydrogen-bond donors (Lipinski definition) is 0. The van der Waals surface area contributed by atoms with E-state index in [-0.39, 0.29) is 41.9 Å². The molecule has 9 nitrogen and oxygen atoms in total. The van der Waals surface area contributed by atoms with Crippen molar-refractivity contribution in [2.75, 3.05) is 26.7 Å². The van der Waals surface area contributed by atoms with Crippen LogP contribution in [0.25, 0.3) is 0 Å². The molecule has 0 bridgehead atoms. The first kappa shape index (κ1) is 36.7. The number of hydrogen-bond acceptors (Lipinski definition) is 7. The second-order valence-corrected chi connectivity index (χ2v) is 15.2. The van der Waals surface area contributed by atoms with Crippen molar-refractivity contribution < 1.29 is 23.9 Å². The molecule has 4 rings (SSSR count). The van der Waals surface area contributed by atoms with Gasteiger partial charge in [0, 0.05) is 45.1 Å². The van der Waals surface area contributed by atoms with Crippen LogP contribution in [0.1, 0.15) is 130 Å². The molecule has 47 heavy (non-hydrogen) atoms. The van der Waals surface area contributed by atoms with Crippen LogP contribution in [0.3, 0.4) is 0 Å². The molecule has 1 aromatic carbocycles. The average Bonchev–Trinajstić information content (AvgIpc) is 3.55. The van der Waals surface area contributed by atoms with E-state index in [1.807, 2.05) is 62.7 Å². The van der Waals surface area contributed by atoms with Gasteiger partial charge in [-0.2, -0.15) is 0 Å². The SMILES string of the molecule is CC(=O)N(C1=Nc2ccc(OCCCC(=O)N(C)CCCCC3CCCC3)cc2CN1CC(=O)OC(C)C(C)(C)C)C1CCCCC1. The first-order valence-electron chi connectivity index (χ1n) is 18.2. The Hall–Kier alpha value is -3.10. The summed E-state index contributed by atoms with van der Waals surface area (Å²) in [5.74, 6) is 1.89. The number of amides is 2. The van der Waals surface area contributed by atoms with Crippen LogP contribution in [0.4, 0.5) is 5.69 Å². The van der Waals surface area contributed by atoms with E-state index in [0.717, 1.165) is 55.8 Å². The number of benzene rings is 1. The number of nitrogens with zero attached hydrogens (tertiary/aromatic N) is 4. The van der Waals surface area contributed by atoms with Crippen LogP contribution in [0.15, 0.2) is 23.2 Å². The van der Waals surface area contributed by atoms with E-state index in [1.54, 1.807) is 11.8 Å². The minimum atomic E-state index is -0.341. The molecule has 1 heterocycles. The molecule has 0 N–H and O–H groups in total. The van der Waals surface area contributed by atoms with Crippen LogP contribution in [0.5, 0.6) is 5.75 Å². The highest BCUT2D eigenvalue weighted by atomic mass is 16.5. The quantitative estimate of drug-likeness (QED) is 0.152. The van der Waals surface area contributed by atoms with Crippen molar-refractivity contribution in [2.45, 2.75) is 143 Å². The van der Waals surface area contributed by atoms with E-state index in [9.17, 15) is 14.4 Å². The third-order valence-corrected chi connectivity index (χ3v) is 10.3. The highest BCUT2D eigenvalue weighted by Crippen LogP contribution is 2.33. The number of unbranched alkanes of at least 4 members (excludes halogenated alkanes) is 1. The summed E-state index contributed by atoms with van der Waals surface area (Å²) in [6.45, 7) is 11.3. The molecule has 2 amide bonds. The molecule has 2 saturated carbocycles. The predicted molar refractivity (Wildman–Crippen MR) is 187 cm³/mol. The van der Waals surface area contributed by atoms with Gasteiger partial charge in [0.05, 0.1) is 12.3 Å². The molecule has 9 heteroatoms.